The number of aryl methyl sites for hydroxylation is 2. The van der Waals surface area contributed by atoms with E-state index in [0.29, 0.717) is 16.7 Å². The summed E-state index contributed by atoms with van der Waals surface area (Å²) < 4.78 is 2.87. The molecule has 31 heavy (non-hydrogen) atoms. The summed E-state index contributed by atoms with van der Waals surface area (Å²) in [5, 5.41) is 12.2. The molecule has 9 heteroatoms. The summed E-state index contributed by atoms with van der Waals surface area (Å²) >= 11 is 4.75. The highest BCUT2D eigenvalue weighted by Crippen LogP contribution is 2.27. The van der Waals surface area contributed by atoms with E-state index in [1.807, 2.05) is 60.9 Å². The van der Waals surface area contributed by atoms with Gasteiger partial charge in [0.15, 0.2) is 11.0 Å². The van der Waals surface area contributed by atoms with Crippen LogP contribution in [0.3, 0.4) is 0 Å². The van der Waals surface area contributed by atoms with Crippen LogP contribution >= 0.6 is 27.7 Å². The maximum atomic E-state index is 12.6. The Morgan fingerprint density at radius 1 is 1.10 bits per heavy atom. The Hall–Kier alpha value is -3.04. The van der Waals surface area contributed by atoms with Gasteiger partial charge in [0.05, 0.1) is 11.9 Å². The molecule has 0 radical (unpaired) electrons. The van der Waals surface area contributed by atoms with Crippen LogP contribution in [0, 0.1) is 13.8 Å². The van der Waals surface area contributed by atoms with Crippen LogP contribution in [-0.2, 0) is 4.79 Å². The van der Waals surface area contributed by atoms with Gasteiger partial charge in [0.2, 0.25) is 5.91 Å². The van der Waals surface area contributed by atoms with Gasteiger partial charge in [-0.25, -0.2) is 4.98 Å². The number of amides is 1. The fourth-order valence-electron chi connectivity index (χ4n) is 2.95. The predicted molar refractivity (Wildman–Crippen MR) is 125 cm³/mol. The van der Waals surface area contributed by atoms with Gasteiger partial charge < -0.3 is 5.32 Å². The topological polar surface area (TPSA) is 85.6 Å². The molecule has 0 bridgehead atoms. The molecule has 1 N–H and O–H groups in total. The number of rotatable bonds is 6. The van der Waals surface area contributed by atoms with E-state index in [1.54, 1.807) is 18.6 Å². The van der Waals surface area contributed by atoms with Crippen molar-refractivity contribution in [2.75, 3.05) is 11.1 Å². The van der Waals surface area contributed by atoms with Crippen molar-refractivity contribution in [2.45, 2.75) is 19.0 Å². The molecule has 1 amide bonds. The van der Waals surface area contributed by atoms with E-state index >= 15 is 0 Å². The fourth-order valence-corrected chi connectivity index (χ4v) is 4.18. The molecule has 156 valence electrons. The van der Waals surface area contributed by atoms with E-state index in [-0.39, 0.29) is 11.7 Å². The van der Waals surface area contributed by atoms with Crippen LogP contribution in [0.2, 0.25) is 0 Å². The third-order valence-electron chi connectivity index (χ3n) is 4.51. The second kappa shape index (κ2) is 9.40. The van der Waals surface area contributed by atoms with Gasteiger partial charge in [-0.3, -0.25) is 14.3 Å². The number of carbonyl (C=O) groups excluding carboxylic acids is 1. The number of hydrogen-bond acceptors (Lipinski definition) is 6. The van der Waals surface area contributed by atoms with Crippen molar-refractivity contribution in [3.8, 4) is 17.2 Å². The maximum Gasteiger partial charge on any atom is 0.234 e. The van der Waals surface area contributed by atoms with Crippen LogP contribution < -0.4 is 5.32 Å². The first-order valence-corrected chi connectivity index (χ1v) is 11.3. The first kappa shape index (κ1) is 21.2. The van der Waals surface area contributed by atoms with Gasteiger partial charge >= 0.3 is 0 Å². The monoisotopic (exact) mass is 494 g/mol. The zero-order valence-corrected chi connectivity index (χ0v) is 19.3. The van der Waals surface area contributed by atoms with Gasteiger partial charge in [0, 0.05) is 28.2 Å². The predicted octanol–water partition coefficient (Wildman–Crippen LogP) is 4.83. The molecule has 0 atom stereocenters. The lowest BCUT2D eigenvalue weighted by atomic mass is 10.2. The molecule has 4 rings (SSSR count). The third-order valence-corrected chi connectivity index (χ3v) is 5.93. The van der Waals surface area contributed by atoms with E-state index in [2.05, 4.69) is 41.4 Å². The van der Waals surface area contributed by atoms with E-state index in [9.17, 15) is 4.79 Å². The number of nitrogens with zero attached hydrogens (tertiary/aromatic N) is 5. The molecule has 0 aliphatic rings. The van der Waals surface area contributed by atoms with Gasteiger partial charge in [-0.15, -0.1) is 10.2 Å². The molecular formula is C22H19BrN6OS. The smallest absolute Gasteiger partial charge is 0.234 e. The number of thioether (sulfide) groups is 1. The van der Waals surface area contributed by atoms with Crippen molar-refractivity contribution in [2.24, 2.45) is 0 Å². The Labute approximate surface area is 192 Å². The molecule has 4 aromatic rings. The Morgan fingerprint density at radius 2 is 1.90 bits per heavy atom. The number of nitrogens with one attached hydrogen (secondary N) is 1. The molecular weight excluding hydrogens is 476 g/mol. The Kier molecular flexibility index (Phi) is 6.43. The van der Waals surface area contributed by atoms with Gasteiger partial charge in [-0.2, -0.15) is 0 Å². The normalized spacial score (nSPS) is 10.8. The van der Waals surface area contributed by atoms with Gasteiger partial charge in [-0.05, 0) is 49.7 Å². The quantitative estimate of drug-likeness (QED) is 0.386. The second-order valence-corrected chi connectivity index (χ2v) is 8.72. The van der Waals surface area contributed by atoms with Gasteiger partial charge in [0.25, 0.3) is 0 Å². The van der Waals surface area contributed by atoms with Crippen LogP contribution in [0.25, 0.3) is 17.2 Å². The molecule has 0 spiro atoms. The molecule has 0 aliphatic carbocycles. The van der Waals surface area contributed by atoms with Crippen molar-refractivity contribution < 1.29 is 4.79 Å². The number of anilines is 1. The molecule has 0 fully saturated rings. The van der Waals surface area contributed by atoms with E-state index < -0.39 is 0 Å². The summed E-state index contributed by atoms with van der Waals surface area (Å²) in [6, 6.07) is 13.8. The highest BCUT2D eigenvalue weighted by molar-refractivity contribution is 9.10. The minimum absolute atomic E-state index is 0.116. The summed E-state index contributed by atoms with van der Waals surface area (Å²) in [6.45, 7) is 3.98. The number of halogens is 1. The van der Waals surface area contributed by atoms with E-state index in [1.165, 1.54) is 11.8 Å². The molecule has 2 aromatic carbocycles. The first-order chi connectivity index (χ1) is 15.0. The first-order valence-electron chi connectivity index (χ1n) is 9.49. The average molecular weight is 495 g/mol. The van der Waals surface area contributed by atoms with Crippen LogP contribution in [0.1, 0.15) is 11.1 Å². The van der Waals surface area contributed by atoms with Crippen molar-refractivity contribution in [1.82, 2.24) is 24.7 Å². The van der Waals surface area contributed by atoms with E-state index in [4.69, 9.17) is 0 Å². The molecule has 2 aromatic heterocycles. The third kappa shape index (κ3) is 5.00. The van der Waals surface area contributed by atoms with Crippen molar-refractivity contribution in [3.05, 3.63) is 76.7 Å². The number of hydrogen-bond donors (Lipinski definition) is 1. The number of benzene rings is 2. The molecule has 0 unspecified atom stereocenters. The van der Waals surface area contributed by atoms with E-state index in [0.717, 1.165) is 27.0 Å². The molecule has 0 aliphatic heterocycles. The summed E-state index contributed by atoms with van der Waals surface area (Å²) in [6.07, 6.45) is 4.87. The van der Waals surface area contributed by atoms with Gasteiger partial charge in [-0.1, -0.05) is 45.4 Å². The number of carbonyl (C=O) groups is 1. The van der Waals surface area contributed by atoms with Crippen molar-refractivity contribution in [1.29, 1.82) is 0 Å². The SMILES string of the molecule is Cc1ccc(-n2c(SCC(=O)Nc3ccc(Br)cc3C)nnc2-c2cnccn2)cc1. The molecule has 7 nitrogen and oxygen atoms in total. The lowest BCUT2D eigenvalue weighted by Gasteiger charge is -2.11. The highest BCUT2D eigenvalue weighted by atomic mass is 79.9. The molecule has 2 heterocycles. The summed E-state index contributed by atoms with van der Waals surface area (Å²) in [7, 11) is 0. The lowest BCUT2D eigenvalue weighted by Crippen LogP contribution is -2.15. The zero-order valence-electron chi connectivity index (χ0n) is 16.9. The highest BCUT2D eigenvalue weighted by Gasteiger charge is 2.18. The summed E-state index contributed by atoms with van der Waals surface area (Å²) in [4.78, 5) is 21.1. The average Bonchev–Trinajstić information content (AvgIpc) is 3.19. The zero-order chi connectivity index (χ0) is 21.8. The van der Waals surface area contributed by atoms with Crippen molar-refractivity contribution in [3.63, 3.8) is 0 Å². The lowest BCUT2D eigenvalue weighted by molar-refractivity contribution is -0.113. The minimum Gasteiger partial charge on any atom is -0.325 e. The van der Waals surface area contributed by atoms with Crippen LogP contribution in [0.5, 0.6) is 0 Å². The molecule has 0 saturated heterocycles. The maximum absolute atomic E-state index is 12.6. The van der Waals surface area contributed by atoms with Crippen LogP contribution in [0.4, 0.5) is 5.69 Å². The largest absolute Gasteiger partial charge is 0.325 e. The second-order valence-electron chi connectivity index (χ2n) is 6.86. The van der Waals surface area contributed by atoms with Crippen LogP contribution in [-0.4, -0.2) is 36.4 Å². The molecule has 0 saturated carbocycles. The summed E-state index contributed by atoms with van der Waals surface area (Å²) in [5.74, 6) is 0.651. The minimum atomic E-state index is -0.116. The van der Waals surface area contributed by atoms with Crippen LogP contribution in [0.15, 0.2) is 70.7 Å². The Balaban J connectivity index is 1.58. The number of aromatic nitrogens is 5. The standard InChI is InChI=1S/C22H19BrN6OS/c1-14-3-6-17(7-4-14)29-21(19-12-24-9-10-25-19)27-28-22(29)31-13-20(30)26-18-8-5-16(23)11-15(18)2/h3-12H,13H2,1-2H3,(H,26,30). The fraction of sp³-hybridized carbons (Fsp3) is 0.136. The Bertz CT molecular complexity index is 1210. The Morgan fingerprint density at radius 3 is 2.61 bits per heavy atom. The summed E-state index contributed by atoms with van der Waals surface area (Å²) in [5.41, 5.74) is 4.42. The van der Waals surface area contributed by atoms with Crippen molar-refractivity contribution >= 4 is 39.3 Å². The van der Waals surface area contributed by atoms with Gasteiger partial charge in [0.1, 0.15) is 5.69 Å².